The fourth-order valence-electron chi connectivity index (χ4n) is 2.72. The highest BCUT2D eigenvalue weighted by molar-refractivity contribution is 5.75. The highest BCUT2D eigenvalue weighted by Crippen LogP contribution is 2.35. The van der Waals surface area contributed by atoms with Crippen LogP contribution in [0.1, 0.15) is 30.5 Å². The topological polar surface area (TPSA) is 49.8 Å². The van der Waals surface area contributed by atoms with Crippen LogP contribution in [-0.4, -0.2) is 42.2 Å². The number of benzene rings is 2. The lowest BCUT2D eigenvalue weighted by atomic mass is 9.82. The van der Waals surface area contributed by atoms with Crippen LogP contribution in [0.2, 0.25) is 0 Å². The van der Waals surface area contributed by atoms with Gasteiger partial charge in [-0.1, -0.05) is 42.0 Å². The van der Waals surface area contributed by atoms with Crippen molar-refractivity contribution in [2.45, 2.75) is 38.5 Å². The molecule has 0 saturated carbocycles. The number of ether oxygens (including phenoxy) is 1. The standard InChI is InChI=1S/C21H26FNO3/c1-14-6-8-17(9-7-14)21(25,18-10-12-19(22)13-11-18)16(3)26-20(24)15(2)23(4)5/h6-13,15-16,25H,1-5H3/t15-,16+,21?/m1/s1. The van der Waals surface area contributed by atoms with Crippen molar-refractivity contribution in [2.75, 3.05) is 14.1 Å². The van der Waals surface area contributed by atoms with Crippen molar-refractivity contribution in [3.8, 4) is 0 Å². The van der Waals surface area contributed by atoms with Gasteiger partial charge in [0.1, 0.15) is 18.0 Å². The molecule has 0 aliphatic heterocycles. The quantitative estimate of drug-likeness (QED) is 0.805. The summed E-state index contributed by atoms with van der Waals surface area (Å²) in [5.41, 5.74) is 0.484. The number of hydrogen-bond donors (Lipinski definition) is 1. The summed E-state index contributed by atoms with van der Waals surface area (Å²) in [6.45, 7) is 5.32. The van der Waals surface area contributed by atoms with Gasteiger partial charge in [0.2, 0.25) is 0 Å². The fraction of sp³-hybridized carbons (Fsp3) is 0.381. The molecule has 0 bridgehead atoms. The molecule has 0 heterocycles. The van der Waals surface area contributed by atoms with E-state index in [4.69, 9.17) is 4.74 Å². The van der Waals surface area contributed by atoms with E-state index in [1.807, 2.05) is 19.1 Å². The van der Waals surface area contributed by atoms with Crippen LogP contribution in [0.15, 0.2) is 48.5 Å². The van der Waals surface area contributed by atoms with E-state index >= 15 is 0 Å². The lowest BCUT2D eigenvalue weighted by Gasteiger charge is -2.35. The zero-order valence-corrected chi connectivity index (χ0v) is 15.9. The van der Waals surface area contributed by atoms with Crippen LogP contribution in [0, 0.1) is 12.7 Å². The maximum atomic E-state index is 13.4. The molecule has 0 radical (unpaired) electrons. The van der Waals surface area contributed by atoms with Gasteiger partial charge in [-0.3, -0.25) is 9.69 Å². The Bertz CT molecular complexity index is 695. The Morgan fingerprint density at radius 2 is 1.50 bits per heavy atom. The molecule has 140 valence electrons. The molecule has 1 N–H and O–H groups in total. The first-order valence-corrected chi connectivity index (χ1v) is 8.58. The van der Waals surface area contributed by atoms with Gasteiger partial charge >= 0.3 is 5.97 Å². The third-order valence-electron chi connectivity index (χ3n) is 4.77. The summed E-state index contributed by atoms with van der Waals surface area (Å²) in [6.07, 6.45) is -0.870. The molecule has 4 nitrogen and oxygen atoms in total. The average molecular weight is 359 g/mol. The lowest BCUT2D eigenvalue weighted by molar-refractivity contribution is -0.164. The number of hydrogen-bond acceptors (Lipinski definition) is 4. The summed E-state index contributed by atoms with van der Waals surface area (Å²) < 4.78 is 18.9. The Hall–Kier alpha value is -2.24. The van der Waals surface area contributed by atoms with E-state index in [2.05, 4.69) is 0 Å². The molecule has 0 aliphatic rings. The second-order valence-electron chi connectivity index (χ2n) is 6.86. The van der Waals surface area contributed by atoms with E-state index in [9.17, 15) is 14.3 Å². The predicted octanol–water partition coefficient (Wildman–Crippen LogP) is 3.25. The molecule has 0 saturated heterocycles. The Morgan fingerprint density at radius 1 is 1.04 bits per heavy atom. The maximum Gasteiger partial charge on any atom is 0.323 e. The number of aryl methyl sites for hydroxylation is 1. The van der Waals surface area contributed by atoms with E-state index in [1.165, 1.54) is 24.3 Å². The summed E-state index contributed by atoms with van der Waals surface area (Å²) in [6, 6.07) is 12.5. The van der Waals surface area contributed by atoms with Crippen LogP contribution in [0.3, 0.4) is 0 Å². The molecule has 5 heteroatoms. The van der Waals surface area contributed by atoms with Crippen LogP contribution < -0.4 is 0 Å². The number of likely N-dealkylation sites (N-methyl/N-ethyl adjacent to an activating group) is 1. The highest BCUT2D eigenvalue weighted by Gasteiger charge is 2.41. The molecule has 0 aromatic heterocycles. The molecule has 2 aromatic rings. The molecule has 1 unspecified atom stereocenters. The smallest absolute Gasteiger partial charge is 0.323 e. The summed E-state index contributed by atoms with van der Waals surface area (Å²) in [5.74, 6) is -0.832. The number of aliphatic hydroxyl groups is 1. The van der Waals surface area contributed by atoms with Crippen molar-refractivity contribution in [1.82, 2.24) is 4.90 Å². The molecule has 0 amide bonds. The zero-order valence-electron chi connectivity index (χ0n) is 15.9. The number of nitrogens with zero attached hydrogens (tertiary/aromatic N) is 1. The summed E-state index contributed by atoms with van der Waals surface area (Å²) >= 11 is 0. The minimum Gasteiger partial charge on any atom is -0.458 e. The van der Waals surface area contributed by atoms with Crippen molar-refractivity contribution in [1.29, 1.82) is 0 Å². The first-order valence-electron chi connectivity index (χ1n) is 8.58. The minimum atomic E-state index is -1.59. The Morgan fingerprint density at radius 3 is 1.96 bits per heavy atom. The van der Waals surface area contributed by atoms with Gasteiger partial charge in [-0.05, 0) is 58.1 Å². The molecule has 0 fully saturated rings. The SMILES string of the molecule is Cc1ccc(C(O)(c2ccc(F)cc2)[C@H](C)OC(=O)[C@@H](C)N(C)C)cc1. The van der Waals surface area contributed by atoms with Gasteiger partial charge in [-0.2, -0.15) is 0 Å². The first-order chi connectivity index (χ1) is 12.2. The van der Waals surface area contributed by atoms with Crippen molar-refractivity contribution >= 4 is 5.97 Å². The second kappa shape index (κ2) is 7.98. The van der Waals surface area contributed by atoms with E-state index < -0.39 is 29.5 Å². The molecule has 2 aromatic carbocycles. The van der Waals surface area contributed by atoms with Crippen molar-refractivity contribution in [3.05, 3.63) is 71.0 Å². The van der Waals surface area contributed by atoms with Crippen LogP contribution in [0.4, 0.5) is 4.39 Å². The van der Waals surface area contributed by atoms with Crippen molar-refractivity contribution in [3.63, 3.8) is 0 Å². The molecular formula is C21H26FNO3. The third-order valence-corrected chi connectivity index (χ3v) is 4.77. The van der Waals surface area contributed by atoms with Gasteiger partial charge < -0.3 is 9.84 Å². The van der Waals surface area contributed by atoms with Gasteiger partial charge in [0, 0.05) is 0 Å². The molecule has 26 heavy (non-hydrogen) atoms. The van der Waals surface area contributed by atoms with Crippen LogP contribution in [0.25, 0.3) is 0 Å². The third kappa shape index (κ3) is 4.11. The molecular weight excluding hydrogens is 333 g/mol. The van der Waals surface area contributed by atoms with Gasteiger partial charge in [-0.15, -0.1) is 0 Å². The van der Waals surface area contributed by atoms with Crippen molar-refractivity contribution < 1.29 is 19.0 Å². The summed E-state index contributed by atoms with van der Waals surface area (Å²) in [5, 5.41) is 11.6. The number of carbonyl (C=O) groups excluding carboxylic acids is 1. The Labute approximate surface area is 154 Å². The zero-order chi connectivity index (χ0) is 19.5. The van der Waals surface area contributed by atoms with Gasteiger partial charge in [-0.25, -0.2) is 4.39 Å². The van der Waals surface area contributed by atoms with Crippen LogP contribution >= 0.6 is 0 Å². The molecule has 2 rings (SSSR count). The Kier molecular flexibility index (Phi) is 6.16. The largest absolute Gasteiger partial charge is 0.458 e. The van der Waals surface area contributed by atoms with E-state index in [0.717, 1.165) is 5.56 Å². The van der Waals surface area contributed by atoms with Crippen LogP contribution in [0.5, 0.6) is 0 Å². The molecule has 0 aliphatic carbocycles. The lowest BCUT2D eigenvalue weighted by Crippen LogP contribution is -2.45. The number of carbonyl (C=O) groups is 1. The fourth-order valence-corrected chi connectivity index (χ4v) is 2.72. The number of rotatable bonds is 6. The minimum absolute atomic E-state index is 0.397. The number of halogens is 1. The van der Waals surface area contributed by atoms with Gasteiger partial charge in [0.05, 0.1) is 0 Å². The van der Waals surface area contributed by atoms with Gasteiger partial charge in [0.15, 0.2) is 5.60 Å². The van der Waals surface area contributed by atoms with Gasteiger partial charge in [0.25, 0.3) is 0 Å². The normalized spacial score (nSPS) is 16.0. The predicted molar refractivity (Wildman–Crippen MR) is 99.3 cm³/mol. The molecule has 3 atom stereocenters. The van der Waals surface area contributed by atoms with E-state index in [0.29, 0.717) is 11.1 Å². The summed E-state index contributed by atoms with van der Waals surface area (Å²) in [7, 11) is 3.56. The summed E-state index contributed by atoms with van der Waals surface area (Å²) in [4.78, 5) is 14.1. The maximum absolute atomic E-state index is 13.4. The van der Waals surface area contributed by atoms with E-state index in [-0.39, 0.29) is 0 Å². The number of esters is 1. The average Bonchev–Trinajstić information content (AvgIpc) is 2.61. The Balaban J connectivity index is 2.44. The second-order valence-corrected chi connectivity index (χ2v) is 6.86. The molecule has 0 spiro atoms. The van der Waals surface area contributed by atoms with Crippen LogP contribution in [-0.2, 0) is 15.1 Å². The first kappa shape index (κ1) is 20.1. The van der Waals surface area contributed by atoms with E-state index in [1.54, 1.807) is 45.0 Å². The monoisotopic (exact) mass is 359 g/mol. The highest BCUT2D eigenvalue weighted by atomic mass is 19.1. The van der Waals surface area contributed by atoms with Crippen molar-refractivity contribution in [2.24, 2.45) is 0 Å².